The van der Waals surface area contributed by atoms with Crippen LogP contribution in [0.3, 0.4) is 0 Å². The van der Waals surface area contributed by atoms with Crippen molar-refractivity contribution in [3.63, 3.8) is 0 Å². The predicted octanol–water partition coefficient (Wildman–Crippen LogP) is 5.25. The zero-order valence-corrected chi connectivity index (χ0v) is 11.4. The molecule has 1 aliphatic carbocycles. The summed E-state index contributed by atoms with van der Waals surface area (Å²) in [6.07, 6.45) is 2.68. The summed E-state index contributed by atoms with van der Waals surface area (Å²) < 4.78 is 37.9. The van der Waals surface area contributed by atoms with Gasteiger partial charge in [-0.3, -0.25) is 4.79 Å². The van der Waals surface area contributed by atoms with Crippen molar-refractivity contribution in [2.75, 3.05) is 0 Å². The molecule has 1 nitrogen and oxygen atoms in total. The van der Waals surface area contributed by atoms with Gasteiger partial charge in [0.05, 0.1) is 5.56 Å². The molecule has 0 unspecified atom stereocenters. The second-order valence-corrected chi connectivity index (χ2v) is 5.56. The summed E-state index contributed by atoms with van der Waals surface area (Å²) >= 11 is 0. The molecule has 0 heterocycles. The predicted molar refractivity (Wildman–Crippen MR) is 71.6 cm³/mol. The lowest BCUT2D eigenvalue weighted by Crippen LogP contribution is -2.11. The lowest BCUT2D eigenvalue weighted by Gasteiger charge is -2.13. The summed E-state index contributed by atoms with van der Waals surface area (Å²) in [6, 6.07) is 4.76. The van der Waals surface area contributed by atoms with Crippen LogP contribution in [-0.2, 0) is 6.18 Å². The first kappa shape index (κ1) is 15.1. The van der Waals surface area contributed by atoms with Crippen LogP contribution in [0.2, 0.25) is 0 Å². The van der Waals surface area contributed by atoms with Crippen molar-refractivity contribution in [1.29, 1.82) is 0 Å². The van der Waals surface area contributed by atoms with E-state index in [-0.39, 0.29) is 11.3 Å². The largest absolute Gasteiger partial charge is 0.416 e. The second-order valence-electron chi connectivity index (χ2n) is 5.56. The highest BCUT2D eigenvalue weighted by Crippen LogP contribution is 2.31. The van der Waals surface area contributed by atoms with Crippen molar-refractivity contribution >= 4 is 5.78 Å². The quantitative estimate of drug-likeness (QED) is 0.547. The molecular formula is C16H19F3O. The van der Waals surface area contributed by atoms with E-state index in [1.54, 1.807) is 0 Å². The Balaban J connectivity index is 2.05. The van der Waals surface area contributed by atoms with Gasteiger partial charge in [-0.2, -0.15) is 13.2 Å². The van der Waals surface area contributed by atoms with Gasteiger partial charge in [-0.25, -0.2) is 0 Å². The van der Waals surface area contributed by atoms with Gasteiger partial charge in [-0.05, 0) is 18.1 Å². The first-order valence-electron chi connectivity index (χ1n) is 7.17. The number of rotatable bonds is 3. The van der Waals surface area contributed by atoms with Crippen LogP contribution in [-0.4, -0.2) is 5.78 Å². The Morgan fingerprint density at radius 3 is 2.35 bits per heavy atom. The molecule has 1 saturated carbocycles. The van der Waals surface area contributed by atoms with E-state index in [9.17, 15) is 18.0 Å². The highest BCUT2D eigenvalue weighted by molar-refractivity contribution is 5.96. The number of carbonyl (C=O) groups excluding carboxylic acids is 1. The topological polar surface area (TPSA) is 17.1 Å². The molecule has 0 aromatic heterocycles. The second kappa shape index (κ2) is 6.42. The van der Waals surface area contributed by atoms with Gasteiger partial charge in [-0.1, -0.05) is 50.7 Å². The maximum absolute atomic E-state index is 12.6. The molecule has 0 radical (unpaired) electrons. The average Bonchev–Trinajstić information content (AvgIpc) is 2.66. The van der Waals surface area contributed by atoms with Crippen molar-refractivity contribution < 1.29 is 18.0 Å². The van der Waals surface area contributed by atoms with Crippen molar-refractivity contribution in [3.05, 3.63) is 35.4 Å². The Morgan fingerprint density at radius 2 is 1.75 bits per heavy atom. The molecule has 4 heteroatoms. The van der Waals surface area contributed by atoms with Gasteiger partial charge in [0, 0.05) is 12.0 Å². The van der Waals surface area contributed by atoms with E-state index in [0.717, 1.165) is 37.8 Å². The highest BCUT2D eigenvalue weighted by Gasteiger charge is 2.31. The molecular weight excluding hydrogens is 265 g/mol. The van der Waals surface area contributed by atoms with Crippen molar-refractivity contribution in [2.24, 2.45) is 5.92 Å². The lowest BCUT2D eigenvalue weighted by atomic mass is 9.91. The van der Waals surface area contributed by atoms with Gasteiger partial charge in [-0.15, -0.1) is 0 Å². The normalized spacial score (nSPS) is 17.8. The number of ketones is 1. The number of hydrogen-bond acceptors (Lipinski definition) is 1. The van der Waals surface area contributed by atoms with Gasteiger partial charge in [0.1, 0.15) is 0 Å². The molecule has 0 atom stereocenters. The summed E-state index contributed by atoms with van der Waals surface area (Å²) in [6.45, 7) is 0. The number of carbonyl (C=O) groups is 1. The summed E-state index contributed by atoms with van der Waals surface area (Å²) in [5, 5.41) is 0. The van der Waals surface area contributed by atoms with Crippen LogP contribution in [0.15, 0.2) is 24.3 Å². The fraction of sp³-hybridized carbons (Fsp3) is 0.562. The number of hydrogen-bond donors (Lipinski definition) is 0. The maximum Gasteiger partial charge on any atom is 0.416 e. The summed E-state index contributed by atoms with van der Waals surface area (Å²) in [4.78, 5) is 12.1. The molecule has 2 rings (SSSR count). The molecule has 0 spiro atoms. The van der Waals surface area contributed by atoms with Crippen molar-refractivity contribution in [2.45, 2.75) is 51.1 Å². The molecule has 1 fully saturated rings. The third kappa shape index (κ3) is 4.09. The van der Waals surface area contributed by atoms with Crippen LogP contribution in [0.1, 0.15) is 60.9 Å². The zero-order valence-electron chi connectivity index (χ0n) is 11.4. The molecule has 0 aliphatic heterocycles. The third-order valence-electron chi connectivity index (χ3n) is 3.96. The Labute approximate surface area is 117 Å². The van der Waals surface area contributed by atoms with E-state index in [1.165, 1.54) is 25.0 Å². The van der Waals surface area contributed by atoms with E-state index in [1.807, 2.05) is 0 Å². The first-order valence-corrected chi connectivity index (χ1v) is 7.17. The van der Waals surface area contributed by atoms with E-state index >= 15 is 0 Å². The minimum Gasteiger partial charge on any atom is -0.294 e. The molecule has 20 heavy (non-hydrogen) atoms. The van der Waals surface area contributed by atoms with Crippen LogP contribution in [0.25, 0.3) is 0 Å². The van der Waals surface area contributed by atoms with Crippen molar-refractivity contribution in [3.8, 4) is 0 Å². The summed E-state index contributed by atoms with van der Waals surface area (Å²) in [5.74, 6) is 0.169. The van der Waals surface area contributed by atoms with Crippen LogP contribution < -0.4 is 0 Å². The summed E-state index contributed by atoms with van der Waals surface area (Å²) in [5.41, 5.74) is -0.562. The van der Waals surface area contributed by atoms with Crippen LogP contribution in [0.5, 0.6) is 0 Å². The first-order chi connectivity index (χ1) is 9.47. The molecule has 0 amide bonds. The number of alkyl halides is 3. The van der Waals surface area contributed by atoms with E-state index < -0.39 is 11.7 Å². The Bertz CT molecular complexity index is 457. The van der Waals surface area contributed by atoms with Gasteiger partial charge < -0.3 is 0 Å². The SMILES string of the molecule is O=C(CC1CCCCCC1)c1cccc(C(F)(F)F)c1. The number of benzene rings is 1. The zero-order chi connectivity index (χ0) is 14.6. The van der Waals surface area contributed by atoms with Crippen molar-refractivity contribution in [1.82, 2.24) is 0 Å². The van der Waals surface area contributed by atoms with Crippen LogP contribution in [0, 0.1) is 5.92 Å². The van der Waals surface area contributed by atoms with E-state index in [2.05, 4.69) is 0 Å². The van der Waals surface area contributed by atoms with E-state index in [4.69, 9.17) is 0 Å². The van der Waals surface area contributed by atoms with Crippen LogP contribution >= 0.6 is 0 Å². The molecule has 1 aliphatic rings. The smallest absolute Gasteiger partial charge is 0.294 e. The molecule has 0 saturated heterocycles. The number of Topliss-reactive ketones (excluding diaryl/α,β-unsaturated/α-hetero) is 1. The molecule has 110 valence electrons. The Morgan fingerprint density at radius 1 is 1.10 bits per heavy atom. The molecule has 0 N–H and O–H groups in total. The minimum absolute atomic E-state index is 0.164. The number of halogens is 3. The van der Waals surface area contributed by atoms with Crippen LogP contribution in [0.4, 0.5) is 13.2 Å². The standard InChI is InChI=1S/C16H19F3O/c17-16(18,19)14-9-5-8-13(11-14)15(20)10-12-6-3-1-2-4-7-12/h5,8-9,11-12H,1-4,6-7,10H2. The summed E-state index contributed by atoms with van der Waals surface area (Å²) in [7, 11) is 0. The maximum atomic E-state index is 12.6. The molecule has 1 aromatic rings. The molecule has 0 bridgehead atoms. The van der Waals surface area contributed by atoms with Gasteiger partial charge in [0.2, 0.25) is 0 Å². The molecule has 1 aromatic carbocycles. The third-order valence-corrected chi connectivity index (χ3v) is 3.96. The minimum atomic E-state index is -4.39. The Kier molecular flexibility index (Phi) is 4.84. The van der Waals surface area contributed by atoms with Gasteiger partial charge in [0.25, 0.3) is 0 Å². The van der Waals surface area contributed by atoms with Gasteiger partial charge in [0.15, 0.2) is 5.78 Å². The van der Waals surface area contributed by atoms with Gasteiger partial charge >= 0.3 is 6.18 Å². The fourth-order valence-electron chi connectivity index (χ4n) is 2.82. The highest BCUT2D eigenvalue weighted by atomic mass is 19.4. The monoisotopic (exact) mass is 284 g/mol. The Hall–Kier alpha value is -1.32. The lowest BCUT2D eigenvalue weighted by molar-refractivity contribution is -0.137. The fourth-order valence-corrected chi connectivity index (χ4v) is 2.82. The average molecular weight is 284 g/mol. The van der Waals surface area contributed by atoms with E-state index in [0.29, 0.717) is 12.3 Å².